The Morgan fingerprint density at radius 2 is 1.95 bits per heavy atom. The Bertz CT molecular complexity index is 919. The number of halogens is 1. The molecule has 1 aromatic heterocycles. The normalized spacial score (nSPS) is 10.9. The lowest BCUT2D eigenvalue weighted by atomic mass is 10.2. The lowest BCUT2D eigenvalue weighted by Gasteiger charge is -2.17. The highest BCUT2D eigenvalue weighted by Gasteiger charge is 2.14. The zero-order valence-corrected chi connectivity index (χ0v) is 12.9. The monoisotopic (exact) mass is 315 g/mol. The molecule has 0 fully saturated rings. The Kier molecular flexibility index (Phi) is 3.50. The van der Waals surface area contributed by atoms with Crippen molar-refractivity contribution in [2.24, 2.45) is 0 Å². The summed E-state index contributed by atoms with van der Waals surface area (Å²) in [5.41, 5.74) is 0.751. The molecule has 0 aliphatic rings. The maximum absolute atomic E-state index is 12.5. The fraction of sp³-hybridized carbons (Fsp3) is 0.125. The lowest BCUT2D eigenvalue weighted by molar-refractivity contribution is 0.475. The molecule has 0 radical (unpaired) electrons. The molecule has 0 atom stereocenters. The van der Waals surface area contributed by atoms with Crippen molar-refractivity contribution < 1.29 is 5.11 Å². The van der Waals surface area contributed by atoms with E-state index < -0.39 is 5.69 Å². The number of hydrogen-bond donors (Lipinski definition) is 1. The topological polar surface area (TPSA) is 58.4 Å². The van der Waals surface area contributed by atoms with E-state index in [0.29, 0.717) is 22.0 Å². The molecule has 0 aliphatic carbocycles. The van der Waals surface area contributed by atoms with Gasteiger partial charge in [-0.05, 0) is 30.3 Å². The number of hydrogen-bond acceptors (Lipinski definition) is 4. The van der Waals surface area contributed by atoms with Crippen LogP contribution in [0.25, 0.3) is 16.6 Å². The molecule has 0 unspecified atom stereocenters. The van der Waals surface area contributed by atoms with E-state index in [1.807, 2.05) is 20.2 Å². The number of fused-ring (bicyclic) bond motifs is 1. The molecular formula is C16H14ClN3O2. The third kappa shape index (κ3) is 2.40. The summed E-state index contributed by atoms with van der Waals surface area (Å²) in [4.78, 5) is 18.4. The second kappa shape index (κ2) is 5.35. The van der Waals surface area contributed by atoms with E-state index in [-0.39, 0.29) is 5.75 Å². The predicted molar refractivity (Wildman–Crippen MR) is 88.3 cm³/mol. The molecule has 2 aromatic carbocycles. The van der Waals surface area contributed by atoms with E-state index >= 15 is 0 Å². The van der Waals surface area contributed by atoms with Gasteiger partial charge in [-0.3, -0.25) is 4.57 Å². The fourth-order valence-corrected chi connectivity index (χ4v) is 2.57. The largest absolute Gasteiger partial charge is 0.508 e. The number of benzene rings is 2. The molecule has 0 bridgehead atoms. The summed E-state index contributed by atoms with van der Waals surface area (Å²) in [6.07, 6.45) is 0. The van der Waals surface area contributed by atoms with Crippen molar-refractivity contribution in [2.45, 2.75) is 0 Å². The third-order valence-electron chi connectivity index (χ3n) is 3.35. The van der Waals surface area contributed by atoms with Crippen molar-refractivity contribution in [3.8, 4) is 11.4 Å². The minimum atomic E-state index is -0.427. The van der Waals surface area contributed by atoms with Gasteiger partial charge in [0, 0.05) is 30.6 Å². The Morgan fingerprint density at radius 1 is 1.18 bits per heavy atom. The highest BCUT2D eigenvalue weighted by atomic mass is 35.5. The maximum atomic E-state index is 12.5. The van der Waals surface area contributed by atoms with Crippen molar-refractivity contribution in [3.63, 3.8) is 0 Å². The van der Waals surface area contributed by atoms with Crippen LogP contribution in [0.3, 0.4) is 0 Å². The molecule has 0 spiro atoms. The molecule has 22 heavy (non-hydrogen) atoms. The van der Waals surface area contributed by atoms with Crippen LogP contribution >= 0.6 is 11.6 Å². The SMILES string of the molecule is CN(C)c1nc(=O)n(-c2cccc(O)c2)c2cc(Cl)ccc12. The summed E-state index contributed by atoms with van der Waals surface area (Å²) in [5.74, 6) is 0.657. The van der Waals surface area contributed by atoms with Crippen LogP contribution in [-0.2, 0) is 0 Å². The summed E-state index contributed by atoms with van der Waals surface area (Å²) in [6.45, 7) is 0. The average molecular weight is 316 g/mol. The average Bonchev–Trinajstić information content (AvgIpc) is 2.45. The fourth-order valence-electron chi connectivity index (χ4n) is 2.41. The van der Waals surface area contributed by atoms with Crippen LogP contribution in [0.4, 0.5) is 5.82 Å². The standard InChI is InChI=1S/C16H14ClN3O2/c1-19(2)15-13-7-6-10(17)8-14(13)20(16(22)18-15)11-4-3-5-12(21)9-11/h3-9,21H,1-2H3. The van der Waals surface area contributed by atoms with E-state index in [2.05, 4.69) is 4.98 Å². The van der Waals surface area contributed by atoms with Gasteiger partial charge in [0.2, 0.25) is 0 Å². The second-order valence-electron chi connectivity index (χ2n) is 5.13. The van der Waals surface area contributed by atoms with Crippen molar-refractivity contribution in [1.29, 1.82) is 0 Å². The van der Waals surface area contributed by atoms with Gasteiger partial charge in [-0.1, -0.05) is 17.7 Å². The van der Waals surface area contributed by atoms with Gasteiger partial charge in [0.05, 0.1) is 11.2 Å². The number of aromatic hydroxyl groups is 1. The summed E-state index contributed by atoms with van der Waals surface area (Å²) in [6, 6.07) is 11.8. The number of phenolic OH excluding ortho intramolecular Hbond substituents is 1. The summed E-state index contributed by atoms with van der Waals surface area (Å²) in [5, 5.41) is 11.0. The molecule has 112 valence electrons. The van der Waals surface area contributed by atoms with Crippen molar-refractivity contribution in [3.05, 3.63) is 58.0 Å². The molecule has 0 saturated carbocycles. The summed E-state index contributed by atoms with van der Waals surface area (Å²) in [7, 11) is 3.66. The van der Waals surface area contributed by atoms with Gasteiger partial charge >= 0.3 is 5.69 Å². The van der Waals surface area contributed by atoms with Crippen LogP contribution in [0, 0.1) is 0 Å². The maximum Gasteiger partial charge on any atom is 0.354 e. The smallest absolute Gasteiger partial charge is 0.354 e. The molecule has 0 saturated heterocycles. The zero-order valence-electron chi connectivity index (χ0n) is 12.1. The van der Waals surface area contributed by atoms with Gasteiger partial charge < -0.3 is 10.0 Å². The van der Waals surface area contributed by atoms with E-state index in [9.17, 15) is 9.90 Å². The van der Waals surface area contributed by atoms with Gasteiger partial charge in [-0.15, -0.1) is 0 Å². The number of aromatic nitrogens is 2. The molecule has 1 N–H and O–H groups in total. The van der Waals surface area contributed by atoms with Gasteiger partial charge in [0.15, 0.2) is 0 Å². The Hall–Kier alpha value is -2.53. The van der Waals surface area contributed by atoms with Crippen LogP contribution in [0.1, 0.15) is 0 Å². The van der Waals surface area contributed by atoms with Gasteiger partial charge in [0.1, 0.15) is 11.6 Å². The number of anilines is 1. The molecule has 3 aromatic rings. The third-order valence-corrected chi connectivity index (χ3v) is 3.58. The molecule has 5 nitrogen and oxygen atoms in total. The van der Waals surface area contributed by atoms with Gasteiger partial charge in [-0.2, -0.15) is 4.98 Å². The number of nitrogens with zero attached hydrogens (tertiary/aromatic N) is 3. The van der Waals surface area contributed by atoms with E-state index in [4.69, 9.17) is 11.6 Å². The van der Waals surface area contributed by atoms with Crippen LogP contribution < -0.4 is 10.6 Å². The first-order valence-electron chi connectivity index (χ1n) is 6.66. The molecule has 6 heteroatoms. The highest BCUT2D eigenvalue weighted by molar-refractivity contribution is 6.31. The first-order chi connectivity index (χ1) is 10.5. The Balaban J connectivity index is 2.45. The number of rotatable bonds is 2. The molecule has 0 aliphatic heterocycles. The van der Waals surface area contributed by atoms with Gasteiger partial charge in [-0.25, -0.2) is 4.79 Å². The highest BCUT2D eigenvalue weighted by Crippen LogP contribution is 2.27. The Labute approximate surface area is 132 Å². The minimum Gasteiger partial charge on any atom is -0.508 e. The van der Waals surface area contributed by atoms with E-state index in [1.165, 1.54) is 10.6 Å². The van der Waals surface area contributed by atoms with Crippen molar-refractivity contribution >= 4 is 28.3 Å². The second-order valence-corrected chi connectivity index (χ2v) is 5.57. The predicted octanol–water partition coefficient (Wildman–Crippen LogP) is 2.81. The quantitative estimate of drug-likeness (QED) is 0.790. The molecule has 3 rings (SSSR count). The first kappa shape index (κ1) is 14.4. The lowest BCUT2D eigenvalue weighted by Crippen LogP contribution is -2.25. The van der Waals surface area contributed by atoms with Crippen LogP contribution in [0.2, 0.25) is 5.02 Å². The van der Waals surface area contributed by atoms with Crippen LogP contribution in [0.15, 0.2) is 47.3 Å². The summed E-state index contributed by atoms with van der Waals surface area (Å²) < 4.78 is 1.44. The molecular weight excluding hydrogens is 302 g/mol. The van der Waals surface area contributed by atoms with E-state index in [0.717, 1.165) is 5.39 Å². The number of phenols is 1. The van der Waals surface area contributed by atoms with Crippen LogP contribution in [0.5, 0.6) is 5.75 Å². The summed E-state index contributed by atoms with van der Waals surface area (Å²) >= 11 is 6.09. The Morgan fingerprint density at radius 3 is 2.64 bits per heavy atom. The molecule has 0 amide bonds. The van der Waals surface area contributed by atoms with Crippen LogP contribution in [-0.4, -0.2) is 28.8 Å². The molecule has 1 heterocycles. The minimum absolute atomic E-state index is 0.0799. The van der Waals surface area contributed by atoms with E-state index in [1.54, 1.807) is 35.2 Å². The van der Waals surface area contributed by atoms with Crippen molar-refractivity contribution in [1.82, 2.24) is 9.55 Å². The van der Waals surface area contributed by atoms with Gasteiger partial charge in [0.25, 0.3) is 0 Å². The first-order valence-corrected chi connectivity index (χ1v) is 7.04. The zero-order chi connectivity index (χ0) is 15.9. The van der Waals surface area contributed by atoms with Crippen molar-refractivity contribution in [2.75, 3.05) is 19.0 Å².